The Morgan fingerprint density at radius 1 is 1.05 bits per heavy atom. The predicted octanol–water partition coefficient (Wildman–Crippen LogP) is 7.05. The number of nitrogens with one attached hydrogen (secondary N) is 2. The molecule has 13 heteroatoms. The van der Waals surface area contributed by atoms with Crippen LogP contribution in [0.1, 0.15) is 47.0 Å². The third kappa shape index (κ3) is 5.75. The summed E-state index contributed by atoms with van der Waals surface area (Å²) in [5, 5.41) is 5.51. The van der Waals surface area contributed by atoms with E-state index in [4.69, 9.17) is 4.74 Å². The lowest BCUT2D eigenvalue weighted by atomic mass is 10.1. The molecule has 1 aliphatic rings. The minimum Gasteiger partial charge on any atom is -0.358 e. The first-order chi connectivity index (χ1) is 20.7. The molecule has 0 aliphatic carbocycles. The fourth-order valence-corrected chi connectivity index (χ4v) is 4.94. The average molecular weight is 592 g/mol. The molecule has 1 atom stereocenters. The Bertz CT molecular complexity index is 1820. The second-order valence-corrected chi connectivity index (χ2v) is 10.1. The van der Waals surface area contributed by atoms with Gasteiger partial charge in [0.15, 0.2) is 5.65 Å². The van der Waals surface area contributed by atoms with Crippen LogP contribution < -0.4 is 10.6 Å². The number of imidazole rings is 1. The van der Waals surface area contributed by atoms with E-state index in [9.17, 15) is 18.0 Å². The number of hydrogen-bond donors (Lipinski definition) is 2. The van der Waals surface area contributed by atoms with Gasteiger partial charge < -0.3 is 15.4 Å². The number of alkyl halides is 3. The molecular formula is C30H25F4N7O2. The maximum atomic E-state index is 15.0. The van der Waals surface area contributed by atoms with Crippen LogP contribution in [-0.2, 0) is 10.9 Å². The Kier molecular flexibility index (Phi) is 7.48. The van der Waals surface area contributed by atoms with E-state index in [2.05, 4.69) is 30.6 Å². The van der Waals surface area contributed by atoms with E-state index < -0.39 is 23.5 Å². The van der Waals surface area contributed by atoms with Gasteiger partial charge in [0, 0.05) is 40.9 Å². The molecule has 1 saturated heterocycles. The topological polar surface area (TPSA) is 107 Å². The Balaban J connectivity index is 1.32. The maximum absolute atomic E-state index is 15.0. The fourth-order valence-electron chi connectivity index (χ4n) is 4.94. The number of carbonyl (C=O) groups excluding carboxylic acids is 1. The number of pyridine rings is 1. The van der Waals surface area contributed by atoms with Crippen molar-refractivity contribution in [2.75, 3.05) is 17.2 Å². The van der Waals surface area contributed by atoms with Crippen LogP contribution in [0.15, 0.2) is 67.4 Å². The van der Waals surface area contributed by atoms with Gasteiger partial charge in [-0.25, -0.2) is 24.3 Å². The first-order valence-electron chi connectivity index (χ1n) is 13.5. The Labute approximate surface area is 243 Å². The summed E-state index contributed by atoms with van der Waals surface area (Å²) in [6.45, 7) is 2.19. The Morgan fingerprint density at radius 2 is 1.91 bits per heavy atom. The van der Waals surface area contributed by atoms with Gasteiger partial charge in [0.05, 0.1) is 11.9 Å². The molecule has 1 amide bonds. The SMILES string of the molecule is Cc1c(F)cc(C(=O)Nc2cccc(C(F)(F)F)c2)cc1Nc1ncccc1-c1ncnc2c1ncn2C1CCCCO1. The van der Waals surface area contributed by atoms with Gasteiger partial charge in [-0.05, 0) is 68.7 Å². The molecular weight excluding hydrogens is 566 g/mol. The summed E-state index contributed by atoms with van der Waals surface area (Å²) in [7, 11) is 0. The normalized spacial score (nSPS) is 15.4. The summed E-state index contributed by atoms with van der Waals surface area (Å²) in [5.74, 6) is -1.15. The predicted molar refractivity (Wildman–Crippen MR) is 151 cm³/mol. The highest BCUT2D eigenvalue weighted by Gasteiger charge is 2.30. The van der Waals surface area contributed by atoms with Crippen LogP contribution in [0.2, 0.25) is 0 Å². The zero-order valence-electron chi connectivity index (χ0n) is 22.8. The Hall–Kier alpha value is -4.91. The van der Waals surface area contributed by atoms with Gasteiger partial charge in [-0.3, -0.25) is 9.36 Å². The van der Waals surface area contributed by atoms with E-state index in [0.29, 0.717) is 34.8 Å². The van der Waals surface area contributed by atoms with Crippen LogP contribution in [0.4, 0.5) is 34.8 Å². The highest BCUT2D eigenvalue weighted by molar-refractivity contribution is 6.05. The number of halogens is 4. The number of aromatic nitrogens is 5. The number of anilines is 3. The number of rotatable bonds is 6. The second kappa shape index (κ2) is 11.4. The molecule has 4 heterocycles. The lowest BCUT2D eigenvalue weighted by Crippen LogP contribution is -2.17. The summed E-state index contributed by atoms with van der Waals surface area (Å²) in [6.07, 6.45) is 2.78. The highest BCUT2D eigenvalue weighted by atomic mass is 19.4. The number of nitrogens with zero attached hydrogens (tertiary/aromatic N) is 5. The number of amides is 1. The second-order valence-electron chi connectivity index (χ2n) is 10.1. The zero-order valence-corrected chi connectivity index (χ0v) is 22.8. The van der Waals surface area contributed by atoms with Crippen LogP contribution >= 0.6 is 0 Å². The van der Waals surface area contributed by atoms with Crippen LogP contribution in [0.3, 0.4) is 0 Å². The molecule has 1 fully saturated rings. The molecule has 3 aromatic heterocycles. The van der Waals surface area contributed by atoms with Crippen LogP contribution in [0.25, 0.3) is 22.4 Å². The molecule has 2 aromatic carbocycles. The van der Waals surface area contributed by atoms with Gasteiger partial charge in [-0.2, -0.15) is 13.2 Å². The summed E-state index contributed by atoms with van der Waals surface area (Å²) in [4.78, 5) is 30.9. The van der Waals surface area contributed by atoms with Gasteiger partial charge in [0.1, 0.15) is 35.4 Å². The molecule has 0 bridgehead atoms. The smallest absolute Gasteiger partial charge is 0.358 e. The molecule has 43 heavy (non-hydrogen) atoms. The van der Waals surface area contributed by atoms with Crippen molar-refractivity contribution in [1.29, 1.82) is 0 Å². The van der Waals surface area contributed by atoms with E-state index in [-0.39, 0.29) is 28.7 Å². The average Bonchev–Trinajstić information content (AvgIpc) is 3.44. The minimum atomic E-state index is -4.58. The monoisotopic (exact) mass is 591 g/mol. The van der Waals surface area contributed by atoms with Crippen molar-refractivity contribution in [2.24, 2.45) is 0 Å². The van der Waals surface area contributed by atoms with Crippen molar-refractivity contribution in [3.05, 3.63) is 89.9 Å². The first kappa shape index (κ1) is 28.2. The zero-order chi connectivity index (χ0) is 30.1. The molecule has 0 radical (unpaired) electrons. The summed E-state index contributed by atoms with van der Waals surface area (Å²) < 4.78 is 62.2. The van der Waals surface area contributed by atoms with E-state index in [1.54, 1.807) is 24.7 Å². The lowest BCUT2D eigenvalue weighted by molar-refractivity contribution is -0.137. The lowest BCUT2D eigenvalue weighted by Gasteiger charge is -2.23. The first-order valence-corrected chi connectivity index (χ1v) is 13.5. The summed E-state index contributed by atoms with van der Waals surface area (Å²) in [5.41, 5.74) is 1.53. The summed E-state index contributed by atoms with van der Waals surface area (Å²) >= 11 is 0. The van der Waals surface area contributed by atoms with E-state index >= 15 is 4.39 Å². The number of benzene rings is 2. The van der Waals surface area contributed by atoms with Gasteiger partial charge in [0.2, 0.25) is 0 Å². The molecule has 1 unspecified atom stereocenters. The van der Waals surface area contributed by atoms with Gasteiger partial charge in [-0.15, -0.1) is 0 Å². The van der Waals surface area contributed by atoms with E-state index in [1.165, 1.54) is 31.5 Å². The molecule has 0 saturated carbocycles. The van der Waals surface area contributed by atoms with Crippen molar-refractivity contribution < 1.29 is 27.1 Å². The van der Waals surface area contributed by atoms with Crippen molar-refractivity contribution in [3.8, 4) is 11.3 Å². The molecule has 0 spiro atoms. The standard InChI is InChI=1S/C30H25F4N7O2/c1-17-22(31)12-18(29(42)39-20-7-4-6-19(14-20)30(32,33)34)13-23(17)40-27-21(8-5-10-35-27)25-26-28(37-15-36-25)41(16-38-26)24-9-2-3-11-43-24/h4-8,10,12-16,24H,2-3,9,11H2,1H3,(H,35,40)(H,39,42). The fraction of sp³-hybridized carbons (Fsp3) is 0.233. The largest absolute Gasteiger partial charge is 0.416 e. The molecule has 5 aromatic rings. The van der Waals surface area contributed by atoms with Crippen LogP contribution in [-0.4, -0.2) is 37.0 Å². The van der Waals surface area contributed by atoms with Gasteiger partial charge in [-0.1, -0.05) is 6.07 Å². The number of carbonyl (C=O) groups is 1. The van der Waals surface area contributed by atoms with Crippen molar-refractivity contribution >= 4 is 34.3 Å². The third-order valence-electron chi connectivity index (χ3n) is 7.19. The van der Waals surface area contributed by atoms with Crippen molar-refractivity contribution in [2.45, 2.75) is 38.6 Å². The Morgan fingerprint density at radius 3 is 2.70 bits per heavy atom. The van der Waals surface area contributed by atoms with E-state index in [1.807, 2.05) is 4.57 Å². The van der Waals surface area contributed by atoms with Crippen molar-refractivity contribution in [3.63, 3.8) is 0 Å². The quantitative estimate of drug-likeness (QED) is 0.204. The van der Waals surface area contributed by atoms with Crippen molar-refractivity contribution in [1.82, 2.24) is 24.5 Å². The van der Waals surface area contributed by atoms with Gasteiger partial charge >= 0.3 is 6.18 Å². The molecule has 6 rings (SSSR count). The number of fused-ring (bicyclic) bond motifs is 1. The summed E-state index contributed by atoms with van der Waals surface area (Å²) in [6, 6.07) is 10.1. The molecule has 220 valence electrons. The maximum Gasteiger partial charge on any atom is 0.416 e. The highest BCUT2D eigenvalue weighted by Crippen LogP contribution is 2.35. The molecule has 9 nitrogen and oxygen atoms in total. The molecule has 2 N–H and O–H groups in total. The van der Waals surface area contributed by atoms with E-state index in [0.717, 1.165) is 37.5 Å². The van der Waals surface area contributed by atoms with Gasteiger partial charge in [0.25, 0.3) is 5.91 Å². The van der Waals surface area contributed by atoms with Crippen LogP contribution in [0.5, 0.6) is 0 Å². The molecule has 1 aliphatic heterocycles. The number of hydrogen-bond acceptors (Lipinski definition) is 7. The van der Waals surface area contributed by atoms with Crippen LogP contribution in [0, 0.1) is 12.7 Å². The minimum absolute atomic E-state index is 0.0758. The third-order valence-corrected chi connectivity index (χ3v) is 7.19. The number of ether oxygens (including phenoxy) is 1.